The second kappa shape index (κ2) is 8.84. The molecule has 2 aromatic carbocycles. The second-order valence-corrected chi connectivity index (χ2v) is 6.73. The Kier molecular flexibility index (Phi) is 6.26. The molecule has 1 heterocycles. The highest BCUT2D eigenvalue weighted by Gasteiger charge is 2.16. The van der Waals surface area contributed by atoms with E-state index in [9.17, 15) is 9.18 Å². The van der Waals surface area contributed by atoms with Crippen molar-refractivity contribution in [1.82, 2.24) is 4.90 Å². The Labute approximate surface area is 154 Å². The molecule has 1 aliphatic heterocycles. The maximum Gasteiger partial charge on any atom is 0.225 e. The normalized spacial score (nSPS) is 14.3. The molecule has 26 heavy (non-hydrogen) atoms. The molecule has 1 fully saturated rings. The van der Waals surface area contributed by atoms with E-state index in [2.05, 4.69) is 19.1 Å². The SMILES string of the molecule is CCc1cccc(-c2cc(F)ccc2OCCC(=O)N2CCCCC2)c1. The zero-order valence-electron chi connectivity index (χ0n) is 15.3. The molecule has 1 amide bonds. The van der Waals surface area contributed by atoms with Crippen LogP contribution in [-0.2, 0) is 11.2 Å². The van der Waals surface area contributed by atoms with Crippen molar-refractivity contribution in [2.45, 2.75) is 39.0 Å². The fourth-order valence-corrected chi connectivity index (χ4v) is 3.36. The molecule has 2 aromatic rings. The standard InChI is InChI=1S/C22H26FNO2/c1-2-17-7-6-8-18(15-17)20-16-19(23)9-10-21(20)26-14-11-22(25)24-12-4-3-5-13-24/h6-10,15-16H,2-5,11-14H2,1H3. The van der Waals surface area contributed by atoms with Gasteiger partial charge in [-0.15, -0.1) is 0 Å². The number of halogens is 1. The molecular weight excluding hydrogens is 329 g/mol. The second-order valence-electron chi connectivity index (χ2n) is 6.73. The highest BCUT2D eigenvalue weighted by molar-refractivity contribution is 5.76. The maximum absolute atomic E-state index is 13.8. The number of benzene rings is 2. The Morgan fingerprint density at radius 1 is 1.12 bits per heavy atom. The lowest BCUT2D eigenvalue weighted by molar-refractivity contribution is -0.132. The van der Waals surface area contributed by atoms with E-state index in [0.29, 0.717) is 18.8 Å². The predicted octanol–water partition coefficient (Wildman–Crippen LogP) is 4.84. The summed E-state index contributed by atoms with van der Waals surface area (Å²) in [6, 6.07) is 12.6. The summed E-state index contributed by atoms with van der Waals surface area (Å²) in [5.74, 6) is 0.464. The Morgan fingerprint density at radius 3 is 2.69 bits per heavy atom. The molecule has 138 valence electrons. The zero-order valence-corrected chi connectivity index (χ0v) is 15.3. The summed E-state index contributed by atoms with van der Waals surface area (Å²) < 4.78 is 19.7. The fraction of sp³-hybridized carbons (Fsp3) is 0.409. The first-order chi connectivity index (χ1) is 12.7. The van der Waals surface area contributed by atoms with E-state index in [1.54, 1.807) is 6.07 Å². The van der Waals surface area contributed by atoms with Gasteiger partial charge in [0.05, 0.1) is 13.0 Å². The molecule has 0 N–H and O–H groups in total. The number of piperidine rings is 1. The monoisotopic (exact) mass is 355 g/mol. The van der Waals surface area contributed by atoms with Gasteiger partial charge in [0.1, 0.15) is 11.6 Å². The van der Waals surface area contributed by atoms with E-state index in [1.165, 1.54) is 24.1 Å². The van der Waals surface area contributed by atoms with E-state index in [-0.39, 0.29) is 11.7 Å². The van der Waals surface area contributed by atoms with Crippen LogP contribution in [0.4, 0.5) is 4.39 Å². The van der Waals surface area contributed by atoms with Crippen LogP contribution < -0.4 is 4.74 Å². The van der Waals surface area contributed by atoms with Crippen molar-refractivity contribution in [3.8, 4) is 16.9 Å². The molecule has 0 bridgehead atoms. The molecule has 1 aliphatic rings. The molecule has 0 aromatic heterocycles. The number of carbonyl (C=O) groups is 1. The van der Waals surface area contributed by atoms with Crippen LogP contribution >= 0.6 is 0 Å². The van der Waals surface area contributed by atoms with Gasteiger partial charge < -0.3 is 9.64 Å². The van der Waals surface area contributed by atoms with Crippen LogP contribution in [0.15, 0.2) is 42.5 Å². The number of hydrogen-bond donors (Lipinski definition) is 0. The van der Waals surface area contributed by atoms with Gasteiger partial charge in [0.25, 0.3) is 0 Å². The number of nitrogens with zero attached hydrogens (tertiary/aromatic N) is 1. The maximum atomic E-state index is 13.8. The van der Waals surface area contributed by atoms with Crippen molar-refractivity contribution in [2.75, 3.05) is 19.7 Å². The molecule has 0 unspecified atom stereocenters. The average Bonchev–Trinajstić information content (AvgIpc) is 2.69. The number of likely N-dealkylation sites (tertiary alicyclic amines) is 1. The Hall–Kier alpha value is -2.36. The van der Waals surface area contributed by atoms with Crippen LogP contribution in [0.3, 0.4) is 0 Å². The smallest absolute Gasteiger partial charge is 0.225 e. The van der Waals surface area contributed by atoms with Gasteiger partial charge in [-0.3, -0.25) is 4.79 Å². The minimum Gasteiger partial charge on any atom is -0.492 e. The molecule has 1 saturated heterocycles. The van der Waals surface area contributed by atoms with Crippen molar-refractivity contribution in [1.29, 1.82) is 0 Å². The Morgan fingerprint density at radius 2 is 1.92 bits per heavy atom. The van der Waals surface area contributed by atoms with E-state index in [4.69, 9.17) is 4.74 Å². The first-order valence-electron chi connectivity index (χ1n) is 9.47. The van der Waals surface area contributed by atoms with Crippen molar-refractivity contribution in [3.05, 3.63) is 53.8 Å². The predicted molar refractivity (Wildman–Crippen MR) is 102 cm³/mol. The third kappa shape index (κ3) is 4.63. The lowest BCUT2D eigenvalue weighted by Crippen LogP contribution is -2.36. The summed E-state index contributed by atoms with van der Waals surface area (Å²) in [6.07, 6.45) is 4.65. The van der Waals surface area contributed by atoms with Gasteiger partial charge in [0, 0.05) is 18.7 Å². The third-order valence-electron chi connectivity index (χ3n) is 4.87. The zero-order chi connectivity index (χ0) is 18.4. The molecular formula is C22H26FNO2. The summed E-state index contributed by atoms with van der Waals surface area (Å²) in [6.45, 7) is 4.10. The molecule has 4 heteroatoms. The van der Waals surface area contributed by atoms with E-state index in [1.807, 2.05) is 17.0 Å². The van der Waals surface area contributed by atoms with E-state index < -0.39 is 0 Å². The van der Waals surface area contributed by atoms with Crippen molar-refractivity contribution < 1.29 is 13.9 Å². The van der Waals surface area contributed by atoms with Crippen LogP contribution in [0.2, 0.25) is 0 Å². The first kappa shape index (κ1) is 18.4. The highest BCUT2D eigenvalue weighted by atomic mass is 19.1. The summed E-state index contributed by atoms with van der Waals surface area (Å²) >= 11 is 0. The number of amides is 1. The van der Waals surface area contributed by atoms with Crippen molar-refractivity contribution in [3.63, 3.8) is 0 Å². The van der Waals surface area contributed by atoms with Crippen LogP contribution in [0.25, 0.3) is 11.1 Å². The fourth-order valence-electron chi connectivity index (χ4n) is 3.36. The van der Waals surface area contributed by atoms with Gasteiger partial charge >= 0.3 is 0 Å². The lowest BCUT2D eigenvalue weighted by Gasteiger charge is -2.26. The van der Waals surface area contributed by atoms with Gasteiger partial charge in [-0.2, -0.15) is 0 Å². The number of aryl methyl sites for hydroxylation is 1. The van der Waals surface area contributed by atoms with E-state index >= 15 is 0 Å². The number of carbonyl (C=O) groups excluding carboxylic acids is 1. The third-order valence-corrected chi connectivity index (χ3v) is 4.87. The van der Waals surface area contributed by atoms with Gasteiger partial charge in [-0.05, 0) is 55.0 Å². The quantitative estimate of drug-likeness (QED) is 0.742. The minimum atomic E-state index is -0.293. The van der Waals surface area contributed by atoms with E-state index in [0.717, 1.165) is 43.5 Å². The molecule has 3 rings (SSSR count). The number of rotatable bonds is 6. The minimum absolute atomic E-state index is 0.140. The van der Waals surface area contributed by atoms with Crippen LogP contribution in [0.5, 0.6) is 5.75 Å². The molecule has 0 saturated carbocycles. The average molecular weight is 355 g/mol. The highest BCUT2D eigenvalue weighted by Crippen LogP contribution is 2.31. The van der Waals surface area contributed by atoms with Gasteiger partial charge in [0.2, 0.25) is 5.91 Å². The molecule has 3 nitrogen and oxygen atoms in total. The van der Waals surface area contributed by atoms with Gasteiger partial charge in [-0.25, -0.2) is 4.39 Å². The molecule has 0 aliphatic carbocycles. The molecule has 0 spiro atoms. The van der Waals surface area contributed by atoms with Gasteiger partial charge in [-0.1, -0.05) is 31.2 Å². The van der Waals surface area contributed by atoms with Crippen LogP contribution in [0, 0.1) is 5.82 Å². The number of hydrogen-bond acceptors (Lipinski definition) is 2. The molecule has 0 radical (unpaired) electrons. The van der Waals surface area contributed by atoms with Crippen molar-refractivity contribution in [2.24, 2.45) is 0 Å². The Balaban J connectivity index is 1.68. The topological polar surface area (TPSA) is 29.5 Å². The van der Waals surface area contributed by atoms with Crippen molar-refractivity contribution >= 4 is 5.91 Å². The summed E-state index contributed by atoms with van der Waals surface area (Å²) in [5, 5.41) is 0. The lowest BCUT2D eigenvalue weighted by atomic mass is 10.0. The van der Waals surface area contributed by atoms with Crippen LogP contribution in [-0.4, -0.2) is 30.5 Å². The number of ether oxygens (including phenoxy) is 1. The first-order valence-corrected chi connectivity index (χ1v) is 9.47. The van der Waals surface area contributed by atoms with Crippen LogP contribution in [0.1, 0.15) is 38.2 Å². The Bertz CT molecular complexity index is 754. The summed E-state index contributed by atoms with van der Waals surface area (Å²) in [5.41, 5.74) is 2.85. The largest absolute Gasteiger partial charge is 0.492 e. The van der Waals surface area contributed by atoms with Gasteiger partial charge in [0.15, 0.2) is 0 Å². The molecule has 0 atom stereocenters. The summed E-state index contributed by atoms with van der Waals surface area (Å²) in [4.78, 5) is 14.2. The summed E-state index contributed by atoms with van der Waals surface area (Å²) in [7, 11) is 0.